The molecule has 1 amide bonds. The molecule has 0 aliphatic carbocycles. The summed E-state index contributed by atoms with van der Waals surface area (Å²) in [6.45, 7) is 3.89. The summed E-state index contributed by atoms with van der Waals surface area (Å²) >= 11 is 0. The fourth-order valence-electron chi connectivity index (χ4n) is 4.13. The van der Waals surface area contributed by atoms with E-state index in [1.807, 2.05) is 0 Å². The summed E-state index contributed by atoms with van der Waals surface area (Å²) in [7, 11) is 1.47. The predicted molar refractivity (Wildman–Crippen MR) is 111 cm³/mol. The highest BCUT2D eigenvalue weighted by Gasteiger charge is 2.47. The number of anilines is 1. The molecule has 1 aromatic carbocycles. The second kappa shape index (κ2) is 9.37. The van der Waals surface area contributed by atoms with Crippen LogP contribution in [0.3, 0.4) is 0 Å². The minimum atomic E-state index is -4.52. The Kier molecular flexibility index (Phi) is 6.56. The molecule has 2 atom stereocenters. The number of rotatable bonds is 6. The fraction of sp³-hybridized carbons (Fsp3) is 0.524. The normalized spacial score (nSPS) is 21.5. The van der Waals surface area contributed by atoms with E-state index >= 15 is 0 Å². The topological polar surface area (TPSA) is 80.7 Å². The summed E-state index contributed by atoms with van der Waals surface area (Å²) < 4.78 is 53.1. The Morgan fingerprint density at radius 1 is 1.31 bits per heavy atom. The van der Waals surface area contributed by atoms with Crippen LogP contribution in [0.4, 0.5) is 19.0 Å². The number of aromatic nitrogens is 2. The van der Waals surface area contributed by atoms with E-state index in [1.165, 1.54) is 13.3 Å². The summed E-state index contributed by atoms with van der Waals surface area (Å²) in [5, 5.41) is 9.79. The van der Waals surface area contributed by atoms with Gasteiger partial charge in [-0.25, -0.2) is 4.68 Å². The highest BCUT2D eigenvalue weighted by atomic mass is 19.4. The van der Waals surface area contributed by atoms with E-state index < -0.39 is 24.2 Å². The Morgan fingerprint density at radius 2 is 2.06 bits per heavy atom. The quantitative estimate of drug-likeness (QED) is 0.700. The van der Waals surface area contributed by atoms with Crippen LogP contribution in [-0.2, 0) is 4.74 Å². The zero-order chi connectivity index (χ0) is 22.7. The van der Waals surface area contributed by atoms with E-state index in [4.69, 9.17) is 9.47 Å². The molecule has 0 radical (unpaired) electrons. The Labute approximate surface area is 183 Å². The van der Waals surface area contributed by atoms with Crippen LogP contribution in [0.15, 0.2) is 30.5 Å². The van der Waals surface area contributed by atoms with E-state index in [0.717, 1.165) is 17.8 Å². The Hall–Kier alpha value is -2.79. The first-order valence-corrected chi connectivity index (χ1v) is 10.5. The molecule has 174 valence electrons. The number of halogens is 3. The van der Waals surface area contributed by atoms with E-state index in [2.05, 4.69) is 20.6 Å². The van der Waals surface area contributed by atoms with Gasteiger partial charge < -0.3 is 20.1 Å². The number of nitrogens with zero attached hydrogens (tertiary/aromatic N) is 3. The maximum Gasteiger partial charge on any atom is 0.410 e. The zero-order valence-electron chi connectivity index (χ0n) is 17.7. The Bertz CT molecular complexity index is 943. The first-order valence-electron chi connectivity index (χ1n) is 10.5. The molecular formula is C21H26F3N5O3. The number of carbonyl (C=O) groups is 1. The Morgan fingerprint density at radius 3 is 2.78 bits per heavy atom. The SMILES string of the molecule is COc1ccccc1[C@H]1C[C@@H](C(F)(F)F)n2ncc(C(=O)NCCN3CCOCC3)c2N1. The summed E-state index contributed by atoms with van der Waals surface area (Å²) in [4.78, 5) is 14.9. The molecule has 1 saturated heterocycles. The van der Waals surface area contributed by atoms with Crippen molar-refractivity contribution in [2.45, 2.75) is 24.7 Å². The lowest BCUT2D eigenvalue weighted by Crippen LogP contribution is -2.41. The second-order valence-corrected chi connectivity index (χ2v) is 7.79. The van der Waals surface area contributed by atoms with Gasteiger partial charge in [-0.2, -0.15) is 18.3 Å². The van der Waals surface area contributed by atoms with Crippen molar-refractivity contribution < 1.29 is 27.4 Å². The third-order valence-corrected chi connectivity index (χ3v) is 5.81. The number of benzene rings is 1. The summed E-state index contributed by atoms with van der Waals surface area (Å²) in [6, 6.07) is 4.37. The number of morpholine rings is 1. The molecule has 0 unspecified atom stereocenters. The minimum Gasteiger partial charge on any atom is -0.496 e. The molecule has 11 heteroatoms. The molecule has 1 aromatic heterocycles. The van der Waals surface area contributed by atoms with Gasteiger partial charge >= 0.3 is 6.18 Å². The number of carbonyl (C=O) groups excluding carboxylic acids is 1. The number of nitrogens with one attached hydrogen (secondary N) is 2. The number of fused-ring (bicyclic) bond motifs is 1. The molecule has 0 saturated carbocycles. The molecule has 2 aliphatic rings. The molecule has 0 bridgehead atoms. The number of ether oxygens (including phenoxy) is 2. The fourth-order valence-corrected chi connectivity index (χ4v) is 4.13. The first kappa shape index (κ1) is 22.4. The van der Waals surface area contributed by atoms with Crippen molar-refractivity contribution in [1.29, 1.82) is 0 Å². The third kappa shape index (κ3) is 4.68. The summed E-state index contributed by atoms with van der Waals surface area (Å²) in [5.74, 6) is 0.0716. The lowest BCUT2D eigenvalue weighted by atomic mass is 9.95. The molecule has 2 aromatic rings. The van der Waals surface area contributed by atoms with E-state index in [9.17, 15) is 18.0 Å². The standard InChI is InChI=1S/C21H26F3N5O3/c1-31-17-5-3-2-4-14(17)16-12-18(21(22,23)24)29-19(27-16)15(13-26-29)20(30)25-6-7-28-8-10-32-11-9-28/h2-5,13,16,18,27H,6-12H2,1H3,(H,25,30)/t16-,18+/m1/s1. The molecule has 32 heavy (non-hydrogen) atoms. The van der Waals surface area contributed by atoms with Crippen molar-refractivity contribution >= 4 is 11.7 Å². The van der Waals surface area contributed by atoms with Crippen molar-refractivity contribution in [2.75, 3.05) is 51.8 Å². The molecule has 2 N–H and O–H groups in total. The summed E-state index contributed by atoms with van der Waals surface area (Å²) in [5.41, 5.74) is 0.677. The van der Waals surface area contributed by atoms with Gasteiger partial charge in [-0.1, -0.05) is 18.2 Å². The predicted octanol–water partition coefficient (Wildman–Crippen LogP) is 2.61. The molecule has 8 nitrogen and oxygen atoms in total. The van der Waals surface area contributed by atoms with Crippen LogP contribution in [0, 0.1) is 0 Å². The minimum absolute atomic E-state index is 0.0540. The highest BCUT2D eigenvalue weighted by Crippen LogP contribution is 2.45. The maximum atomic E-state index is 13.9. The third-order valence-electron chi connectivity index (χ3n) is 5.81. The molecule has 0 spiro atoms. The Balaban J connectivity index is 1.55. The molecular weight excluding hydrogens is 427 g/mol. The smallest absolute Gasteiger partial charge is 0.410 e. The van der Waals surface area contributed by atoms with Gasteiger partial charge in [0.1, 0.15) is 17.1 Å². The van der Waals surface area contributed by atoms with Gasteiger partial charge in [-0.3, -0.25) is 9.69 Å². The number of alkyl halides is 3. The van der Waals surface area contributed by atoms with Crippen LogP contribution in [0.5, 0.6) is 5.75 Å². The first-order chi connectivity index (χ1) is 15.4. The maximum absolute atomic E-state index is 13.9. The van der Waals surface area contributed by atoms with Crippen molar-refractivity contribution in [3.8, 4) is 5.75 Å². The molecule has 4 rings (SSSR count). The van der Waals surface area contributed by atoms with Crippen molar-refractivity contribution in [3.05, 3.63) is 41.6 Å². The van der Waals surface area contributed by atoms with Gasteiger partial charge in [0.05, 0.1) is 32.6 Å². The highest BCUT2D eigenvalue weighted by molar-refractivity contribution is 5.98. The van der Waals surface area contributed by atoms with Crippen LogP contribution in [0.2, 0.25) is 0 Å². The van der Waals surface area contributed by atoms with Crippen LogP contribution >= 0.6 is 0 Å². The average molecular weight is 453 g/mol. The van der Waals surface area contributed by atoms with Crippen molar-refractivity contribution in [2.24, 2.45) is 0 Å². The zero-order valence-corrected chi connectivity index (χ0v) is 17.7. The van der Waals surface area contributed by atoms with Crippen LogP contribution in [0.1, 0.15) is 34.4 Å². The number of amides is 1. The van der Waals surface area contributed by atoms with E-state index in [-0.39, 0.29) is 17.8 Å². The monoisotopic (exact) mass is 453 g/mol. The van der Waals surface area contributed by atoms with Gasteiger partial charge in [-0.15, -0.1) is 0 Å². The molecule has 2 aliphatic heterocycles. The van der Waals surface area contributed by atoms with Gasteiger partial charge in [0.25, 0.3) is 5.91 Å². The lowest BCUT2D eigenvalue weighted by molar-refractivity contribution is -0.173. The van der Waals surface area contributed by atoms with Gasteiger partial charge in [0.15, 0.2) is 6.04 Å². The van der Waals surface area contributed by atoms with Crippen LogP contribution in [0.25, 0.3) is 0 Å². The second-order valence-electron chi connectivity index (χ2n) is 7.79. The van der Waals surface area contributed by atoms with Gasteiger partial charge in [-0.05, 0) is 6.07 Å². The molecule has 1 fully saturated rings. The molecule has 3 heterocycles. The number of para-hydroxylation sites is 1. The van der Waals surface area contributed by atoms with E-state index in [0.29, 0.717) is 37.6 Å². The number of hydrogen-bond acceptors (Lipinski definition) is 6. The number of hydrogen-bond donors (Lipinski definition) is 2. The van der Waals surface area contributed by atoms with Crippen molar-refractivity contribution in [3.63, 3.8) is 0 Å². The van der Waals surface area contributed by atoms with Crippen LogP contribution < -0.4 is 15.4 Å². The number of methoxy groups -OCH3 is 1. The van der Waals surface area contributed by atoms with Gasteiger partial charge in [0.2, 0.25) is 0 Å². The largest absolute Gasteiger partial charge is 0.496 e. The van der Waals surface area contributed by atoms with Gasteiger partial charge in [0, 0.05) is 38.2 Å². The van der Waals surface area contributed by atoms with Crippen LogP contribution in [-0.4, -0.2) is 73.3 Å². The summed E-state index contributed by atoms with van der Waals surface area (Å²) in [6.07, 6.45) is -3.60. The lowest BCUT2D eigenvalue weighted by Gasteiger charge is -2.34. The van der Waals surface area contributed by atoms with Crippen molar-refractivity contribution in [1.82, 2.24) is 20.0 Å². The average Bonchev–Trinajstić information content (AvgIpc) is 3.22. The van der Waals surface area contributed by atoms with E-state index in [1.54, 1.807) is 24.3 Å².